The van der Waals surface area contributed by atoms with E-state index >= 15 is 0 Å². The van der Waals surface area contributed by atoms with Crippen LogP contribution in [0, 0.1) is 6.92 Å². The first-order valence-corrected chi connectivity index (χ1v) is 5.60. The summed E-state index contributed by atoms with van der Waals surface area (Å²) in [5.74, 6) is 1.78. The van der Waals surface area contributed by atoms with Crippen molar-refractivity contribution in [3.63, 3.8) is 0 Å². The van der Waals surface area contributed by atoms with Gasteiger partial charge in [-0.1, -0.05) is 0 Å². The van der Waals surface area contributed by atoms with Gasteiger partial charge >= 0.3 is 5.97 Å². The maximum atomic E-state index is 11.0. The van der Waals surface area contributed by atoms with Gasteiger partial charge in [0.25, 0.3) is 0 Å². The van der Waals surface area contributed by atoms with Crippen molar-refractivity contribution < 1.29 is 9.53 Å². The van der Waals surface area contributed by atoms with E-state index in [1.54, 1.807) is 6.07 Å². The lowest BCUT2D eigenvalue weighted by atomic mass is 10.4. The third-order valence-corrected chi connectivity index (χ3v) is 2.41. The lowest BCUT2D eigenvalue weighted by molar-refractivity contribution is -0.138. The highest BCUT2D eigenvalue weighted by molar-refractivity contribution is 5.74. The third-order valence-electron chi connectivity index (χ3n) is 2.41. The summed E-state index contributed by atoms with van der Waals surface area (Å²) < 4.78 is 4.55. The number of anilines is 2. The summed E-state index contributed by atoms with van der Waals surface area (Å²) in [5, 5.41) is 6.20. The second-order valence-electron chi connectivity index (χ2n) is 4.03. The van der Waals surface area contributed by atoms with Crippen LogP contribution in [0.15, 0.2) is 6.07 Å². The predicted molar refractivity (Wildman–Crippen MR) is 63.9 cm³/mol. The van der Waals surface area contributed by atoms with Gasteiger partial charge in [0.1, 0.15) is 24.0 Å². The number of rotatable bonds is 5. The third kappa shape index (κ3) is 3.58. The second-order valence-corrected chi connectivity index (χ2v) is 4.03. The number of nitrogens with zero attached hydrogens (tertiary/aromatic N) is 2. The number of carbonyl (C=O) groups is 1. The fourth-order valence-electron chi connectivity index (χ4n) is 1.40. The molecule has 0 aliphatic heterocycles. The molecule has 92 valence electrons. The van der Waals surface area contributed by atoms with Crippen LogP contribution in [-0.2, 0) is 9.53 Å². The molecule has 1 saturated carbocycles. The summed E-state index contributed by atoms with van der Waals surface area (Å²) in [7, 11) is 1.36. The number of nitrogens with one attached hydrogen (secondary N) is 2. The van der Waals surface area contributed by atoms with Crippen LogP contribution in [-0.4, -0.2) is 35.6 Å². The van der Waals surface area contributed by atoms with E-state index < -0.39 is 0 Å². The van der Waals surface area contributed by atoms with E-state index in [9.17, 15) is 4.79 Å². The van der Waals surface area contributed by atoms with Crippen LogP contribution < -0.4 is 10.6 Å². The van der Waals surface area contributed by atoms with Gasteiger partial charge in [-0.25, -0.2) is 9.97 Å². The zero-order chi connectivity index (χ0) is 12.3. The summed E-state index contributed by atoms with van der Waals surface area (Å²) in [6, 6.07) is 2.34. The van der Waals surface area contributed by atoms with Crippen LogP contribution in [0.4, 0.5) is 11.6 Å². The molecule has 1 aliphatic carbocycles. The van der Waals surface area contributed by atoms with E-state index in [1.165, 1.54) is 20.0 Å². The Hall–Kier alpha value is -1.85. The zero-order valence-electron chi connectivity index (χ0n) is 9.99. The highest BCUT2D eigenvalue weighted by Gasteiger charge is 2.21. The van der Waals surface area contributed by atoms with Crippen molar-refractivity contribution >= 4 is 17.6 Å². The van der Waals surface area contributed by atoms with Crippen molar-refractivity contribution in [3.05, 3.63) is 11.9 Å². The van der Waals surface area contributed by atoms with Crippen molar-refractivity contribution in [1.29, 1.82) is 0 Å². The number of hydrogen-bond donors (Lipinski definition) is 2. The minimum Gasteiger partial charge on any atom is -0.468 e. The van der Waals surface area contributed by atoms with Crippen molar-refractivity contribution in [2.75, 3.05) is 24.3 Å². The maximum Gasteiger partial charge on any atom is 0.325 e. The molecule has 1 heterocycles. The van der Waals surface area contributed by atoms with Crippen molar-refractivity contribution in [1.82, 2.24) is 9.97 Å². The quantitative estimate of drug-likeness (QED) is 0.741. The molecule has 0 saturated heterocycles. The molecule has 0 unspecified atom stereocenters. The predicted octanol–water partition coefficient (Wildman–Crippen LogP) is 0.944. The molecule has 1 aliphatic rings. The minimum atomic E-state index is -0.321. The SMILES string of the molecule is COC(=O)CNc1cc(NC2CC2)nc(C)n1. The van der Waals surface area contributed by atoms with Crippen LogP contribution >= 0.6 is 0 Å². The molecule has 6 heteroatoms. The maximum absolute atomic E-state index is 11.0. The van der Waals surface area contributed by atoms with Crippen LogP contribution in [0.25, 0.3) is 0 Å². The first-order chi connectivity index (χ1) is 8.17. The average Bonchev–Trinajstić information content (AvgIpc) is 3.09. The Morgan fingerprint density at radius 1 is 1.47 bits per heavy atom. The number of ether oxygens (including phenoxy) is 1. The van der Waals surface area contributed by atoms with E-state index in [2.05, 4.69) is 25.3 Å². The number of aryl methyl sites for hydroxylation is 1. The Labute approximate surface area is 99.8 Å². The molecule has 2 N–H and O–H groups in total. The van der Waals surface area contributed by atoms with Gasteiger partial charge in [-0.15, -0.1) is 0 Å². The van der Waals surface area contributed by atoms with E-state index in [4.69, 9.17) is 0 Å². The molecule has 1 fully saturated rings. The standard InChI is InChI=1S/C11H16N4O2/c1-7-13-9(12-6-11(16)17-2)5-10(14-7)15-8-3-4-8/h5,8H,3-4,6H2,1-2H3,(H2,12,13,14,15). The van der Waals surface area contributed by atoms with Crippen LogP contribution in [0.2, 0.25) is 0 Å². The first kappa shape index (κ1) is 11.6. The molecule has 6 nitrogen and oxygen atoms in total. The van der Waals surface area contributed by atoms with Gasteiger partial charge in [0.2, 0.25) is 0 Å². The Morgan fingerprint density at radius 2 is 2.18 bits per heavy atom. The van der Waals surface area contributed by atoms with Gasteiger partial charge in [-0.05, 0) is 19.8 Å². The van der Waals surface area contributed by atoms with Crippen molar-refractivity contribution in [2.45, 2.75) is 25.8 Å². The van der Waals surface area contributed by atoms with Gasteiger partial charge in [-0.3, -0.25) is 4.79 Å². The molecule has 1 aromatic heterocycles. The Kier molecular flexibility index (Phi) is 3.41. The largest absolute Gasteiger partial charge is 0.468 e. The summed E-state index contributed by atoms with van der Waals surface area (Å²) in [5.41, 5.74) is 0. The molecule has 0 aromatic carbocycles. The minimum absolute atomic E-state index is 0.107. The number of carbonyl (C=O) groups excluding carboxylic acids is 1. The average molecular weight is 236 g/mol. The van der Waals surface area contributed by atoms with E-state index in [0.717, 1.165) is 5.82 Å². The van der Waals surface area contributed by atoms with Gasteiger partial charge < -0.3 is 15.4 Å². The fraction of sp³-hybridized carbons (Fsp3) is 0.545. The summed E-state index contributed by atoms with van der Waals surface area (Å²) in [6.45, 7) is 1.93. The Morgan fingerprint density at radius 3 is 2.82 bits per heavy atom. The number of methoxy groups -OCH3 is 1. The fourth-order valence-corrected chi connectivity index (χ4v) is 1.40. The van der Waals surface area contributed by atoms with Gasteiger partial charge in [-0.2, -0.15) is 0 Å². The normalized spacial score (nSPS) is 14.2. The zero-order valence-corrected chi connectivity index (χ0v) is 9.99. The number of hydrogen-bond acceptors (Lipinski definition) is 6. The highest BCUT2D eigenvalue weighted by Crippen LogP contribution is 2.24. The molecule has 0 amide bonds. The molecule has 0 bridgehead atoms. The number of esters is 1. The molecular weight excluding hydrogens is 220 g/mol. The van der Waals surface area contributed by atoms with Crippen molar-refractivity contribution in [2.24, 2.45) is 0 Å². The molecule has 2 rings (SSSR count). The monoisotopic (exact) mass is 236 g/mol. The molecule has 0 spiro atoms. The van der Waals surface area contributed by atoms with Gasteiger partial charge in [0, 0.05) is 12.1 Å². The highest BCUT2D eigenvalue weighted by atomic mass is 16.5. The van der Waals surface area contributed by atoms with Crippen LogP contribution in [0.5, 0.6) is 0 Å². The van der Waals surface area contributed by atoms with E-state index in [1.807, 2.05) is 6.92 Å². The van der Waals surface area contributed by atoms with Gasteiger partial charge in [0.05, 0.1) is 7.11 Å². The van der Waals surface area contributed by atoms with E-state index in [-0.39, 0.29) is 12.5 Å². The molecule has 1 aromatic rings. The van der Waals surface area contributed by atoms with Crippen LogP contribution in [0.1, 0.15) is 18.7 Å². The summed E-state index contributed by atoms with van der Waals surface area (Å²) in [6.07, 6.45) is 2.38. The van der Waals surface area contributed by atoms with Crippen LogP contribution in [0.3, 0.4) is 0 Å². The smallest absolute Gasteiger partial charge is 0.325 e. The molecule has 17 heavy (non-hydrogen) atoms. The summed E-state index contributed by atoms with van der Waals surface area (Å²) in [4.78, 5) is 19.5. The molecule has 0 atom stereocenters. The Balaban J connectivity index is 1.99. The molecule has 0 radical (unpaired) electrons. The summed E-state index contributed by atoms with van der Waals surface area (Å²) >= 11 is 0. The van der Waals surface area contributed by atoms with Crippen molar-refractivity contribution in [3.8, 4) is 0 Å². The lowest BCUT2D eigenvalue weighted by Crippen LogP contribution is -2.16. The molecular formula is C11H16N4O2. The topological polar surface area (TPSA) is 76.1 Å². The first-order valence-electron chi connectivity index (χ1n) is 5.60. The second kappa shape index (κ2) is 4.99. The van der Waals surface area contributed by atoms with E-state index in [0.29, 0.717) is 17.7 Å². The Bertz CT molecular complexity index is 418. The lowest BCUT2D eigenvalue weighted by Gasteiger charge is -2.08. The number of aromatic nitrogens is 2. The van der Waals surface area contributed by atoms with Gasteiger partial charge in [0.15, 0.2) is 0 Å².